The van der Waals surface area contributed by atoms with Crippen molar-refractivity contribution in [3.8, 4) is 22.7 Å². The number of pyridine rings is 1. The first-order valence-electron chi connectivity index (χ1n) is 8.03. The molecule has 1 amide bonds. The maximum atomic E-state index is 12.3. The number of nitrogens with zero attached hydrogens (tertiary/aromatic N) is 3. The highest BCUT2D eigenvalue weighted by Crippen LogP contribution is 2.21. The van der Waals surface area contributed by atoms with E-state index in [0.717, 1.165) is 10.8 Å². The second-order valence-electron chi connectivity index (χ2n) is 5.46. The maximum absolute atomic E-state index is 12.3. The molecule has 6 nitrogen and oxygen atoms in total. The molecular formula is C19H18N4O2S. The fraction of sp³-hybridized carbons (Fsp3) is 0.211. The van der Waals surface area contributed by atoms with Gasteiger partial charge in [0.05, 0.1) is 18.4 Å². The number of carbonyl (C=O) groups excluding carboxylic acids is 1. The van der Waals surface area contributed by atoms with Crippen LogP contribution in [0.4, 0.5) is 0 Å². The number of nitrogens with one attached hydrogen (secondary N) is 1. The predicted molar refractivity (Wildman–Crippen MR) is 101 cm³/mol. The smallest absolute Gasteiger partial charge is 0.264 e. The summed E-state index contributed by atoms with van der Waals surface area (Å²) in [7, 11) is 0. The monoisotopic (exact) mass is 366 g/mol. The van der Waals surface area contributed by atoms with E-state index in [1.807, 2.05) is 55.1 Å². The maximum Gasteiger partial charge on any atom is 0.264 e. The van der Waals surface area contributed by atoms with Gasteiger partial charge in [0, 0.05) is 18.1 Å². The SMILES string of the molecule is Cc1ccc(OCC#CCNC(=O)c2sc(-n3cccc3)nc2C)cn1. The van der Waals surface area contributed by atoms with E-state index in [1.54, 1.807) is 6.20 Å². The third-order valence-corrected chi connectivity index (χ3v) is 4.64. The Labute approximate surface area is 155 Å². The molecule has 3 heterocycles. The zero-order chi connectivity index (χ0) is 18.4. The molecule has 0 aliphatic rings. The van der Waals surface area contributed by atoms with Crippen LogP contribution in [0.1, 0.15) is 21.1 Å². The third-order valence-electron chi connectivity index (χ3n) is 3.47. The van der Waals surface area contributed by atoms with Gasteiger partial charge in [-0.05, 0) is 38.1 Å². The zero-order valence-corrected chi connectivity index (χ0v) is 15.3. The molecule has 1 N–H and O–H groups in total. The minimum absolute atomic E-state index is 0.170. The second-order valence-corrected chi connectivity index (χ2v) is 6.44. The molecule has 0 aromatic carbocycles. The minimum atomic E-state index is -0.170. The molecule has 7 heteroatoms. The van der Waals surface area contributed by atoms with Gasteiger partial charge in [-0.15, -0.1) is 0 Å². The molecule has 3 aromatic rings. The highest BCUT2D eigenvalue weighted by molar-refractivity contribution is 7.16. The summed E-state index contributed by atoms with van der Waals surface area (Å²) >= 11 is 1.35. The molecule has 0 fully saturated rings. The average molecular weight is 366 g/mol. The summed E-state index contributed by atoms with van der Waals surface area (Å²) in [5, 5.41) is 3.55. The second kappa shape index (κ2) is 8.32. The Hall–Kier alpha value is -3.11. The number of hydrogen-bond donors (Lipinski definition) is 1. The van der Waals surface area contributed by atoms with Gasteiger partial charge >= 0.3 is 0 Å². The number of aromatic nitrogens is 3. The van der Waals surface area contributed by atoms with Crippen LogP contribution in [-0.4, -0.2) is 33.6 Å². The van der Waals surface area contributed by atoms with Crippen LogP contribution >= 0.6 is 11.3 Å². The number of rotatable bonds is 5. The standard InChI is InChI=1S/C19H18N4O2S/c1-14-7-8-16(13-21-14)25-12-6-3-9-20-18(24)17-15(2)22-19(26-17)23-10-4-5-11-23/h4-5,7-8,10-11,13H,9,12H2,1-2H3,(H,20,24). The number of carbonyl (C=O) groups is 1. The van der Waals surface area contributed by atoms with Gasteiger partial charge in [0.2, 0.25) is 0 Å². The number of thiazole rings is 1. The summed E-state index contributed by atoms with van der Waals surface area (Å²) in [6.45, 7) is 4.24. The lowest BCUT2D eigenvalue weighted by Gasteiger charge is -2.01. The summed E-state index contributed by atoms with van der Waals surface area (Å²) in [5.74, 6) is 6.24. The summed E-state index contributed by atoms with van der Waals surface area (Å²) in [4.78, 5) is 21.4. The Morgan fingerprint density at radius 3 is 2.81 bits per heavy atom. The van der Waals surface area contributed by atoms with Gasteiger partial charge in [0.1, 0.15) is 17.2 Å². The normalized spacial score (nSPS) is 10.1. The first-order valence-corrected chi connectivity index (χ1v) is 8.85. The Morgan fingerprint density at radius 2 is 2.08 bits per heavy atom. The average Bonchev–Trinajstić information content (AvgIpc) is 3.29. The molecule has 0 atom stereocenters. The van der Waals surface area contributed by atoms with Crippen LogP contribution in [0.2, 0.25) is 0 Å². The molecule has 0 unspecified atom stereocenters. The van der Waals surface area contributed by atoms with Crippen molar-refractivity contribution in [3.05, 3.63) is 59.1 Å². The highest BCUT2D eigenvalue weighted by Gasteiger charge is 2.15. The van der Waals surface area contributed by atoms with Crippen LogP contribution in [0, 0.1) is 25.7 Å². The highest BCUT2D eigenvalue weighted by atomic mass is 32.1. The molecule has 0 aliphatic carbocycles. The van der Waals surface area contributed by atoms with E-state index in [4.69, 9.17) is 4.74 Å². The van der Waals surface area contributed by atoms with Crippen LogP contribution in [-0.2, 0) is 0 Å². The van der Waals surface area contributed by atoms with Crippen molar-refractivity contribution >= 4 is 17.2 Å². The lowest BCUT2D eigenvalue weighted by molar-refractivity contribution is 0.0962. The molecule has 3 aromatic heterocycles. The Morgan fingerprint density at radius 1 is 1.27 bits per heavy atom. The van der Waals surface area contributed by atoms with E-state index in [-0.39, 0.29) is 19.1 Å². The molecule has 3 rings (SSSR count). The van der Waals surface area contributed by atoms with Gasteiger partial charge in [-0.2, -0.15) is 0 Å². The van der Waals surface area contributed by atoms with Crippen molar-refractivity contribution in [2.75, 3.05) is 13.2 Å². The van der Waals surface area contributed by atoms with E-state index >= 15 is 0 Å². The van der Waals surface area contributed by atoms with Gasteiger partial charge in [-0.3, -0.25) is 9.78 Å². The number of ether oxygens (including phenoxy) is 1. The summed E-state index contributed by atoms with van der Waals surface area (Å²) < 4.78 is 7.34. The molecule has 0 aliphatic heterocycles. The van der Waals surface area contributed by atoms with Gasteiger partial charge < -0.3 is 14.6 Å². The molecule has 132 valence electrons. The first kappa shape index (κ1) is 17.7. The number of aryl methyl sites for hydroxylation is 2. The molecule has 0 saturated heterocycles. The van der Waals surface area contributed by atoms with Crippen molar-refractivity contribution in [2.24, 2.45) is 0 Å². The quantitative estimate of drug-likeness (QED) is 0.705. The zero-order valence-electron chi connectivity index (χ0n) is 14.5. The van der Waals surface area contributed by atoms with Crippen molar-refractivity contribution in [3.63, 3.8) is 0 Å². The van der Waals surface area contributed by atoms with E-state index < -0.39 is 0 Å². The van der Waals surface area contributed by atoms with Gasteiger partial charge in [-0.1, -0.05) is 23.2 Å². The molecular weight excluding hydrogens is 348 g/mol. The Kier molecular flexibility index (Phi) is 5.66. The summed E-state index contributed by atoms with van der Waals surface area (Å²) in [6, 6.07) is 7.56. The first-order chi connectivity index (χ1) is 12.6. The van der Waals surface area contributed by atoms with E-state index in [9.17, 15) is 4.79 Å². The minimum Gasteiger partial charge on any atom is -0.479 e. The fourth-order valence-corrected chi connectivity index (χ4v) is 3.09. The summed E-state index contributed by atoms with van der Waals surface area (Å²) in [5.41, 5.74) is 1.64. The van der Waals surface area contributed by atoms with Crippen molar-refractivity contribution in [1.82, 2.24) is 19.9 Å². The topological polar surface area (TPSA) is 69.0 Å². The number of amides is 1. The van der Waals surface area contributed by atoms with Crippen molar-refractivity contribution < 1.29 is 9.53 Å². The van der Waals surface area contributed by atoms with E-state index in [2.05, 4.69) is 27.1 Å². The Balaban J connectivity index is 1.48. The number of hydrogen-bond acceptors (Lipinski definition) is 5. The fourth-order valence-electron chi connectivity index (χ4n) is 2.14. The van der Waals surface area contributed by atoms with Crippen LogP contribution in [0.5, 0.6) is 5.75 Å². The largest absolute Gasteiger partial charge is 0.479 e. The van der Waals surface area contributed by atoms with Gasteiger partial charge in [0.25, 0.3) is 5.91 Å². The van der Waals surface area contributed by atoms with E-state index in [1.165, 1.54) is 11.3 Å². The van der Waals surface area contributed by atoms with E-state index in [0.29, 0.717) is 16.3 Å². The summed E-state index contributed by atoms with van der Waals surface area (Å²) in [6.07, 6.45) is 5.46. The van der Waals surface area contributed by atoms with Crippen LogP contribution < -0.4 is 10.1 Å². The lowest BCUT2D eigenvalue weighted by atomic mass is 10.4. The van der Waals surface area contributed by atoms with Crippen LogP contribution in [0.3, 0.4) is 0 Å². The molecule has 26 heavy (non-hydrogen) atoms. The molecule has 0 saturated carbocycles. The predicted octanol–water partition coefficient (Wildman–Crippen LogP) is 2.76. The molecule has 0 spiro atoms. The molecule has 0 radical (unpaired) electrons. The van der Waals surface area contributed by atoms with Gasteiger partial charge in [-0.25, -0.2) is 4.98 Å². The lowest BCUT2D eigenvalue weighted by Crippen LogP contribution is -2.23. The van der Waals surface area contributed by atoms with Crippen molar-refractivity contribution in [1.29, 1.82) is 0 Å². The van der Waals surface area contributed by atoms with Crippen LogP contribution in [0.15, 0.2) is 42.9 Å². The third kappa shape index (κ3) is 4.49. The van der Waals surface area contributed by atoms with Crippen molar-refractivity contribution in [2.45, 2.75) is 13.8 Å². The Bertz CT molecular complexity index is 934. The molecule has 0 bridgehead atoms. The van der Waals surface area contributed by atoms with Gasteiger partial charge in [0.15, 0.2) is 5.13 Å². The van der Waals surface area contributed by atoms with Crippen LogP contribution in [0.25, 0.3) is 5.13 Å².